The summed E-state index contributed by atoms with van der Waals surface area (Å²) in [7, 11) is 0. The van der Waals surface area contributed by atoms with Gasteiger partial charge in [0.25, 0.3) is 0 Å². The van der Waals surface area contributed by atoms with E-state index in [4.69, 9.17) is 0 Å². The maximum Gasteiger partial charge on any atom is 0.146 e. The van der Waals surface area contributed by atoms with Gasteiger partial charge in [-0.15, -0.1) is 0 Å². The van der Waals surface area contributed by atoms with Crippen LogP contribution in [-0.2, 0) is 11.2 Å². The van der Waals surface area contributed by atoms with E-state index in [1.54, 1.807) is 0 Å². The predicted molar refractivity (Wildman–Crippen MR) is 72.2 cm³/mol. The minimum absolute atomic E-state index is 0.0394. The summed E-state index contributed by atoms with van der Waals surface area (Å²) in [5.74, 6) is 0.832. The molecule has 0 spiro atoms. The average Bonchev–Trinajstić information content (AvgIpc) is 2.28. The molecule has 0 amide bonds. The van der Waals surface area contributed by atoms with Crippen LogP contribution in [0.5, 0.6) is 0 Å². The van der Waals surface area contributed by atoms with Gasteiger partial charge in [0.1, 0.15) is 5.78 Å². The molecule has 2 heteroatoms. The highest BCUT2D eigenvalue weighted by molar-refractivity contribution is 9.10. The zero-order valence-electron chi connectivity index (χ0n) is 10.2. The van der Waals surface area contributed by atoms with E-state index in [0.717, 1.165) is 6.42 Å². The summed E-state index contributed by atoms with van der Waals surface area (Å²) in [6.07, 6.45) is 1.38. The zero-order valence-corrected chi connectivity index (χ0v) is 11.8. The predicted octanol–water partition coefficient (Wildman–Crippen LogP) is 4.10. The number of carbonyl (C=O) groups excluding carboxylic acids is 1. The van der Waals surface area contributed by atoms with E-state index in [2.05, 4.69) is 54.0 Å². The summed E-state index contributed by atoms with van der Waals surface area (Å²) in [6.45, 7) is 6.27. The topological polar surface area (TPSA) is 17.1 Å². The zero-order chi connectivity index (χ0) is 12.1. The van der Waals surface area contributed by atoms with Gasteiger partial charge in [-0.1, -0.05) is 61.0 Å². The molecule has 0 saturated carbocycles. The highest BCUT2D eigenvalue weighted by Gasteiger charge is 2.13. The van der Waals surface area contributed by atoms with E-state index in [0.29, 0.717) is 12.3 Å². The minimum Gasteiger partial charge on any atom is -0.298 e. The fourth-order valence-electron chi connectivity index (χ4n) is 1.58. The largest absolute Gasteiger partial charge is 0.298 e. The molecule has 0 radical (unpaired) electrons. The van der Waals surface area contributed by atoms with Gasteiger partial charge in [-0.3, -0.25) is 4.79 Å². The normalized spacial score (nSPS) is 12.8. The molecule has 0 heterocycles. The van der Waals surface area contributed by atoms with Crippen molar-refractivity contribution in [2.75, 3.05) is 0 Å². The summed E-state index contributed by atoms with van der Waals surface area (Å²) < 4.78 is 0. The molecule has 1 rings (SSSR count). The summed E-state index contributed by atoms with van der Waals surface area (Å²) in [4.78, 5) is 11.4. The van der Waals surface area contributed by atoms with Crippen molar-refractivity contribution in [3.63, 3.8) is 0 Å². The smallest absolute Gasteiger partial charge is 0.146 e. The lowest BCUT2D eigenvalue weighted by Gasteiger charge is -2.09. The fourth-order valence-corrected chi connectivity index (χ4v) is 2.28. The van der Waals surface area contributed by atoms with E-state index in [1.807, 2.05) is 6.92 Å². The van der Waals surface area contributed by atoms with Crippen LogP contribution in [0.4, 0.5) is 0 Å². The number of hydrogen-bond acceptors (Lipinski definition) is 1. The lowest BCUT2D eigenvalue weighted by atomic mass is 9.99. The number of hydrogen-bond donors (Lipinski definition) is 0. The van der Waals surface area contributed by atoms with Gasteiger partial charge in [-0.25, -0.2) is 0 Å². The highest BCUT2D eigenvalue weighted by Crippen LogP contribution is 2.17. The first-order chi connectivity index (χ1) is 7.54. The van der Waals surface area contributed by atoms with Crippen LogP contribution in [0, 0.1) is 0 Å². The fraction of sp³-hybridized carbons (Fsp3) is 0.500. The first-order valence-corrected chi connectivity index (χ1v) is 6.71. The molecule has 1 unspecified atom stereocenters. The van der Waals surface area contributed by atoms with Gasteiger partial charge in [0.2, 0.25) is 0 Å². The third-order valence-electron chi connectivity index (χ3n) is 2.76. The van der Waals surface area contributed by atoms with Crippen molar-refractivity contribution in [3.8, 4) is 0 Å². The van der Waals surface area contributed by atoms with Gasteiger partial charge in [-0.2, -0.15) is 0 Å². The molecule has 1 atom stereocenters. The molecule has 16 heavy (non-hydrogen) atoms. The Morgan fingerprint density at radius 3 is 2.25 bits per heavy atom. The van der Waals surface area contributed by atoms with E-state index < -0.39 is 0 Å². The highest BCUT2D eigenvalue weighted by atomic mass is 79.9. The molecule has 0 aromatic heterocycles. The summed E-state index contributed by atoms with van der Waals surface area (Å²) in [6, 6.07) is 8.53. The van der Waals surface area contributed by atoms with Gasteiger partial charge in [-0.05, 0) is 23.5 Å². The van der Waals surface area contributed by atoms with Crippen LogP contribution in [0.2, 0.25) is 0 Å². The quantitative estimate of drug-likeness (QED) is 0.744. The van der Waals surface area contributed by atoms with Gasteiger partial charge < -0.3 is 0 Å². The Labute approximate surface area is 106 Å². The molecule has 0 N–H and O–H groups in total. The lowest BCUT2D eigenvalue weighted by molar-refractivity contribution is -0.118. The molecule has 1 aromatic carbocycles. The van der Waals surface area contributed by atoms with E-state index >= 15 is 0 Å². The molecule has 0 bridgehead atoms. The number of Topliss-reactive ketones (excluding diaryl/α,β-unsaturated/α-hetero) is 1. The summed E-state index contributed by atoms with van der Waals surface area (Å²) in [5.41, 5.74) is 2.56. The molecule has 0 aliphatic rings. The summed E-state index contributed by atoms with van der Waals surface area (Å²) in [5, 5.41) is 0. The lowest BCUT2D eigenvalue weighted by Crippen LogP contribution is -2.15. The van der Waals surface area contributed by atoms with Crippen LogP contribution in [0.3, 0.4) is 0 Å². The molecule has 0 fully saturated rings. The van der Waals surface area contributed by atoms with E-state index in [9.17, 15) is 4.79 Å². The number of alkyl halides is 1. The second kappa shape index (κ2) is 6.19. The van der Waals surface area contributed by atoms with Crippen LogP contribution in [0.15, 0.2) is 24.3 Å². The number of carbonyl (C=O) groups is 1. The van der Waals surface area contributed by atoms with E-state index in [1.165, 1.54) is 11.1 Å². The molecule has 88 valence electrons. The first kappa shape index (κ1) is 13.4. The second-order valence-corrected chi connectivity index (χ2v) is 5.49. The third kappa shape index (κ3) is 3.75. The van der Waals surface area contributed by atoms with Crippen molar-refractivity contribution in [1.82, 2.24) is 0 Å². The van der Waals surface area contributed by atoms with Crippen molar-refractivity contribution in [1.29, 1.82) is 0 Å². The van der Waals surface area contributed by atoms with Gasteiger partial charge in [0.15, 0.2) is 0 Å². The van der Waals surface area contributed by atoms with Gasteiger partial charge in [0.05, 0.1) is 4.83 Å². The number of halogens is 1. The number of rotatable bonds is 5. The SMILES string of the molecule is CCC(=O)C(Br)Cc1ccc(C(C)C)cc1. The van der Waals surface area contributed by atoms with Crippen LogP contribution >= 0.6 is 15.9 Å². The average molecular weight is 283 g/mol. The van der Waals surface area contributed by atoms with Crippen LogP contribution in [0.1, 0.15) is 44.2 Å². The third-order valence-corrected chi connectivity index (χ3v) is 3.59. The minimum atomic E-state index is -0.0394. The van der Waals surface area contributed by atoms with Crippen molar-refractivity contribution in [3.05, 3.63) is 35.4 Å². The van der Waals surface area contributed by atoms with E-state index in [-0.39, 0.29) is 10.6 Å². The Morgan fingerprint density at radius 1 is 1.25 bits per heavy atom. The van der Waals surface area contributed by atoms with Crippen LogP contribution in [-0.4, -0.2) is 10.6 Å². The van der Waals surface area contributed by atoms with Crippen molar-refractivity contribution in [2.24, 2.45) is 0 Å². The standard InChI is InChI=1S/C14H19BrO/c1-4-14(16)13(15)9-11-5-7-12(8-6-11)10(2)3/h5-8,10,13H,4,9H2,1-3H3. The van der Waals surface area contributed by atoms with Crippen molar-refractivity contribution in [2.45, 2.75) is 44.4 Å². The maximum atomic E-state index is 11.4. The summed E-state index contributed by atoms with van der Waals surface area (Å²) >= 11 is 3.44. The van der Waals surface area contributed by atoms with Crippen molar-refractivity contribution < 1.29 is 4.79 Å². The Balaban J connectivity index is 2.65. The molecule has 1 nitrogen and oxygen atoms in total. The molecular weight excluding hydrogens is 264 g/mol. The Kier molecular flexibility index (Phi) is 5.20. The maximum absolute atomic E-state index is 11.4. The first-order valence-electron chi connectivity index (χ1n) is 5.80. The Morgan fingerprint density at radius 2 is 1.81 bits per heavy atom. The Hall–Kier alpha value is -0.630. The van der Waals surface area contributed by atoms with Crippen LogP contribution < -0.4 is 0 Å². The monoisotopic (exact) mass is 282 g/mol. The van der Waals surface area contributed by atoms with Gasteiger partial charge in [0, 0.05) is 6.42 Å². The van der Waals surface area contributed by atoms with Gasteiger partial charge >= 0.3 is 0 Å². The van der Waals surface area contributed by atoms with Crippen LogP contribution in [0.25, 0.3) is 0 Å². The Bertz CT molecular complexity index is 340. The number of benzene rings is 1. The molecule has 0 aliphatic carbocycles. The molecule has 1 aromatic rings. The number of ketones is 1. The molecular formula is C14H19BrO. The van der Waals surface area contributed by atoms with Crippen molar-refractivity contribution >= 4 is 21.7 Å². The second-order valence-electron chi connectivity index (χ2n) is 4.39. The molecule has 0 saturated heterocycles. The molecule has 0 aliphatic heterocycles.